The van der Waals surface area contributed by atoms with Crippen molar-refractivity contribution in [1.82, 2.24) is 15.3 Å². The van der Waals surface area contributed by atoms with Crippen LogP contribution in [0.3, 0.4) is 0 Å². The van der Waals surface area contributed by atoms with Crippen molar-refractivity contribution >= 4 is 5.82 Å². The molecule has 2 heterocycles. The van der Waals surface area contributed by atoms with Crippen molar-refractivity contribution in [2.45, 2.75) is 39.5 Å². The van der Waals surface area contributed by atoms with Crippen LogP contribution in [-0.2, 0) is 6.42 Å². The Morgan fingerprint density at radius 1 is 1.44 bits per heavy atom. The van der Waals surface area contributed by atoms with Crippen LogP contribution in [0.1, 0.15) is 37.7 Å². The Morgan fingerprint density at radius 2 is 2.33 bits per heavy atom. The summed E-state index contributed by atoms with van der Waals surface area (Å²) >= 11 is 0. The van der Waals surface area contributed by atoms with Gasteiger partial charge in [0.1, 0.15) is 11.6 Å². The lowest BCUT2D eigenvalue weighted by atomic mass is 9.96. The largest absolute Gasteiger partial charge is 0.370 e. The van der Waals surface area contributed by atoms with E-state index < -0.39 is 0 Å². The first-order valence-electron chi connectivity index (χ1n) is 7.07. The summed E-state index contributed by atoms with van der Waals surface area (Å²) in [5.41, 5.74) is 1.12. The standard InChI is InChI=1S/C14H24N4/c1-3-13-9-14(18-11(2)17-13)16-8-6-12-5-4-7-15-10-12/h9,12,15H,3-8,10H2,1-2H3,(H,16,17,18). The van der Waals surface area contributed by atoms with Gasteiger partial charge in [-0.15, -0.1) is 0 Å². The maximum atomic E-state index is 4.43. The Morgan fingerprint density at radius 3 is 3.06 bits per heavy atom. The molecular weight excluding hydrogens is 224 g/mol. The van der Waals surface area contributed by atoms with Gasteiger partial charge in [-0.2, -0.15) is 0 Å². The van der Waals surface area contributed by atoms with E-state index in [1.807, 2.05) is 6.92 Å². The monoisotopic (exact) mass is 248 g/mol. The highest BCUT2D eigenvalue weighted by Gasteiger charge is 2.12. The number of hydrogen-bond acceptors (Lipinski definition) is 4. The second-order valence-electron chi connectivity index (χ2n) is 5.07. The highest BCUT2D eigenvalue weighted by atomic mass is 15.0. The molecule has 1 fully saturated rings. The first-order valence-corrected chi connectivity index (χ1v) is 7.07. The van der Waals surface area contributed by atoms with E-state index in [9.17, 15) is 0 Å². The summed E-state index contributed by atoms with van der Waals surface area (Å²) in [6.07, 6.45) is 4.86. The fraction of sp³-hybridized carbons (Fsp3) is 0.714. The molecule has 18 heavy (non-hydrogen) atoms. The summed E-state index contributed by atoms with van der Waals surface area (Å²) < 4.78 is 0. The maximum absolute atomic E-state index is 4.43. The average Bonchev–Trinajstić information content (AvgIpc) is 2.39. The zero-order valence-corrected chi connectivity index (χ0v) is 11.5. The van der Waals surface area contributed by atoms with Crippen molar-refractivity contribution in [1.29, 1.82) is 0 Å². The molecule has 1 aliphatic heterocycles. The molecule has 0 saturated carbocycles. The SMILES string of the molecule is CCc1cc(NCCC2CCCNC2)nc(C)n1. The fourth-order valence-corrected chi connectivity index (χ4v) is 2.48. The van der Waals surface area contributed by atoms with E-state index >= 15 is 0 Å². The Hall–Kier alpha value is -1.16. The molecule has 0 aliphatic carbocycles. The van der Waals surface area contributed by atoms with Gasteiger partial charge in [0.25, 0.3) is 0 Å². The highest BCUT2D eigenvalue weighted by Crippen LogP contribution is 2.14. The van der Waals surface area contributed by atoms with Gasteiger partial charge in [-0.1, -0.05) is 6.92 Å². The fourth-order valence-electron chi connectivity index (χ4n) is 2.48. The molecule has 0 radical (unpaired) electrons. The van der Waals surface area contributed by atoms with Crippen LogP contribution < -0.4 is 10.6 Å². The smallest absolute Gasteiger partial charge is 0.129 e. The zero-order chi connectivity index (χ0) is 12.8. The van der Waals surface area contributed by atoms with Crippen LogP contribution in [0.2, 0.25) is 0 Å². The molecule has 2 N–H and O–H groups in total. The summed E-state index contributed by atoms with van der Waals surface area (Å²) in [6.45, 7) is 7.44. The average molecular weight is 248 g/mol. The van der Waals surface area contributed by atoms with Gasteiger partial charge in [0.05, 0.1) is 0 Å². The minimum absolute atomic E-state index is 0.819. The lowest BCUT2D eigenvalue weighted by Crippen LogP contribution is -2.30. The predicted octanol–water partition coefficient (Wildman–Crippen LogP) is 2.15. The molecule has 4 nitrogen and oxygen atoms in total. The quantitative estimate of drug-likeness (QED) is 0.838. The molecule has 0 amide bonds. The van der Waals surface area contributed by atoms with Gasteiger partial charge in [-0.05, 0) is 51.6 Å². The van der Waals surface area contributed by atoms with Crippen molar-refractivity contribution in [2.75, 3.05) is 25.0 Å². The van der Waals surface area contributed by atoms with Crippen molar-refractivity contribution in [3.8, 4) is 0 Å². The zero-order valence-electron chi connectivity index (χ0n) is 11.5. The van der Waals surface area contributed by atoms with Crippen LogP contribution in [0.5, 0.6) is 0 Å². The van der Waals surface area contributed by atoms with Gasteiger partial charge < -0.3 is 10.6 Å². The van der Waals surface area contributed by atoms with Gasteiger partial charge in [-0.3, -0.25) is 0 Å². The van der Waals surface area contributed by atoms with Crippen LogP contribution in [0, 0.1) is 12.8 Å². The van der Waals surface area contributed by atoms with Crippen molar-refractivity contribution in [3.63, 3.8) is 0 Å². The van der Waals surface area contributed by atoms with Gasteiger partial charge in [-0.25, -0.2) is 9.97 Å². The molecule has 1 unspecified atom stereocenters. The molecule has 1 atom stereocenters. The first-order chi connectivity index (χ1) is 8.78. The van der Waals surface area contributed by atoms with E-state index in [2.05, 4.69) is 33.6 Å². The molecule has 0 bridgehead atoms. The van der Waals surface area contributed by atoms with E-state index in [0.717, 1.165) is 36.2 Å². The molecule has 1 aromatic heterocycles. The van der Waals surface area contributed by atoms with Crippen LogP contribution in [0.4, 0.5) is 5.82 Å². The number of nitrogens with one attached hydrogen (secondary N) is 2. The number of anilines is 1. The second kappa shape index (κ2) is 6.69. The van der Waals surface area contributed by atoms with Crippen LogP contribution >= 0.6 is 0 Å². The highest BCUT2D eigenvalue weighted by molar-refractivity contribution is 5.35. The third kappa shape index (κ3) is 3.95. The van der Waals surface area contributed by atoms with Crippen molar-refractivity contribution in [2.24, 2.45) is 5.92 Å². The topological polar surface area (TPSA) is 49.8 Å². The Balaban J connectivity index is 1.80. The summed E-state index contributed by atoms with van der Waals surface area (Å²) in [5, 5.41) is 6.89. The van der Waals surface area contributed by atoms with E-state index in [4.69, 9.17) is 0 Å². The van der Waals surface area contributed by atoms with E-state index in [-0.39, 0.29) is 0 Å². The summed E-state index contributed by atoms with van der Waals surface area (Å²) in [5.74, 6) is 2.65. The van der Waals surface area contributed by atoms with Gasteiger partial charge >= 0.3 is 0 Å². The lowest BCUT2D eigenvalue weighted by Gasteiger charge is -2.22. The van der Waals surface area contributed by atoms with Gasteiger partial charge in [0.2, 0.25) is 0 Å². The number of aromatic nitrogens is 2. The van der Waals surface area contributed by atoms with E-state index in [1.54, 1.807) is 0 Å². The normalized spacial score (nSPS) is 19.8. The van der Waals surface area contributed by atoms with E-state index in [0.29, 0.717) is 0 Å². The second-order valence-corrected chi connectivity index (χ2v) is 5.07. The molecule has 1 aliphatic rings. The summed E-state index contributed by atoms with van der Waals surface area (Å²) in [6, 6.07) is 2.06. The third-order valence-electron chi connectivity index (χ3n) is 3.51. The summed E-state index contributed by atoms with van der Waals surface area (Å²) in [4.78, 5) is 8.82. The molecule has 100 valence electrons. The summed E-state index contributed by atoms with van der Waals surface area (Å²) in [7, 11) is 0. The number of nitrogens with zero attached hydrogens (tertiary/aromatic N) is 2. The third-order valence-corrected chi connectivity index (χ3v) is 3.51. The first kappa shape index (κ1) is 13.3. The minimum atomic E-state index is 0.819. The molecule has 1 saturated heterocycles. The maximum Gasteiger partial charge on any atom is 0.129 e. The number of aryl methyl sites for hydroxylation is 2. The molecular formula is C14H24N4. The molecule has 0 spiro atoms. The van der Waals surface area contributed by atoms with Gasteiger partial charge in [0, 0.05) is 18.3 Å². The van der Waals surface area contributed by atoms with E-state index in [1.165, 1.54) is 32.4 Å². The van der Waals surface area contributed by atoms with Crippen LogP contribution in [0.15, 0.2) is 6.07 Å². The Kier molecular flexibility index (Phi) is 4.93. The van der Waals surface area contributed by atoms with Crippen LogP contribution in [-0.4, -0.2) is 29.6 Å². The Labute approximate surface area is 110 Å². The van der Waals surface area contributed by atoms with Crippen molar-refractivity contribution < 1.29 is 0 Å². The molecule has 0 aromatic carbocycles. The molecule has 4 heteroatoms. The lowest BCUT2D eigenvalue weighted by molar-refractivity contribution is 0.364. The number of rotatable bonds is 5. The molecule has 2 rings (SSSR count). The number of piperidine rings is 1. The van der Waals surface area contributed by atoms with Crippen molar-refractivity contribution in [3.05, 3.63) is 17.6 Å². The van der Waals surface area contributed by atoms with Gasteiger partial charge in [0.15, 0.2) is 0 Å². The minimum Gasteiger partial charge on any atom is -0.370 e. The van der Waals surface area contributed by atoms with Crippen LogP contribution in [0.25, 0.3) is 0 Å². The molecule has 1 aromatic rings. The number of hydrogen-bond donors (Lipinski definition) is 2. The predicted molar refractivity (Wildman–Crippen MR) is 74.8 cm³/mol. The Bertz CT molecular complexity index is 372.